The van der Waals surface area contributed by atoms with E-state index in [1.807, 2.05) is 48.5 Å². The first-order chi connectivity index (χ1) is 12.0. The van der Waals surface area contributed by atoms with Crippen LogP contribution in [0.25, 0.3) is 0 Å². The zero-order valence-corrected chi connectivity index (χ0v) is 15.6. The number of nitrogens with zero attached hydrogens (tertiary/aromatic N) is 1. The van der Waals surface area contributed by atoms with E-state index in [9.17, 15) is 4.79 Å². The molecule has 0 fully saturated rings. The van der Waals surface area contributed by atoms with Crippen LogP contribution in [0.15, 0.2) is 48.5 Å². The molecule has 0 radical (unpaired) electrons. The second-order valence-electron chi connectivity index (χ2n) is 5.98. The van der Waals surface area contributed by atoms with Crippen molar-refractivity contribution in [3.8, 4) is 0 Å². The second-order valence-corrected chi connectivity index (χ2v) is 6.39. The highest BCUT2D eigenvalue weighted by Gasteiger charge is 2.21. The second kappa shape index (κ2) is 9.44. The van der Waals surface area contributed by atoms with Gasteiger partial charge in [0.1, 0.15) is 0 Å². The van der Waals surface area contributed by atoms with Crippen LogP contribution >= 0.6 is 11.6 Å². The number of amides is 1. The van der Waals surface area contributed by atoms with Crippen LogP contribution in [-0.2, 0) is 11.2 Å². The van der Waals surface area contributed by atoms with Crippen molar-refractivity contribution in [1.29, 1.82) is 0 Å². The quantitative estimate of drug-likeness (QED) is 0.707. The van der Waals surface area contributed by atoms with Crippen molar-refractivity contribution in [3.05, 3.63) is 64.7 Å². The van der Waals surface area contributed by atoms with E-state index in [1.54, 1.807) is 0 Å². The van der Waals surface area contributed by atoms with Gasteiger partial charge in [-0.15, -0.1) is 0 Å². The lowest BCUT2D eigenvalue weighted by Gasteiger charge is -2.31. The van der Waals surface area contributed by atoms with Crippen molar-refractivity contribution in [2.45, 2.75) is 26.3 Å². The maximum atomic E-state index is 12.3. The normalized spacial score (nSPS) is 12.2. The highest BCUT2D eigenvalue weighted by molar-refractivity contribution is 6.31. The number of benzene rings is 2. The predicted molar refractivity (Wildman–Crippen MR) is 105 cm³/mol. The average Bonchev–Trinajstić information content (AvgIpc) is 2.61. The highest BCUT2D eigenvalue weighted by atomic mass is 35.5. The Kier molecular flexibility index (Phi) is 7.29. The summed E-state index contributed by atoms with van der Waals surface area (Å²) < 4.78 is 0. The van der Waals surface area contributed by atoms with E-state index >= 15 is 0 Å². The van der Waals surface area contributed by atoms with Gasteiger partial charge in [-0.2, -0.15) is 0 Å². The monoisotopic (exact) mass is 359 g/mol. The summed E-state index contributed by atoms with van der Waals surface area (Å²) in [6.45, 7) is 6.53. The van der Waals surface area contributed by atoms with Gasteiger partial charge >= 0.3 is 0 Å². The Labute approximate surface area is 155 Å². The summed E-state index contributed by atoms with van der Waals surface area (Å²) in [6.07, 6.45) is 0.341. The van der Waals surface area contributed by atoms with Gasteiger partial charge in [0.15, 0.2) is 0 Å². The number of hydrogen-bond acceptors (Lipinski definition) is 3. The molecule has 0 aromatic heterocycles. The van der Waals surface area contributed by atoms with E-state index in [0.29, 0.717) is 18.7 Å². The minimum absolute atomic E-state index is 0.00557. The van der Waals surface area contributed by atoms with Gasteiger partial charge in [-0.25, -0.2) is 0 Å². The minimum Gasteiger partial charge on any atom is -0.399 e. The van der Waals surface area contributed by atoms with Crippen molar-refractivity contribution >= 4 is 23.2 Å². The molecule has 3 N–H and O–H groups in total. The Balaban J connectivity index is 2.05. The number of nitrogens with two attached hydrogens (primary N) is 1. The van der Waals surface area contributed by atoms with Crippen LogP contribution in [0, 0.1) is 0 Å². The molecule has 0 aliphatic carbocycles. The number of halogens is 1. The van der Waals surface area contributed by atoms with Crippen molar-refractivity contribution < 1.29 is 4.79 Å². The van der Waals surface area contributed by atoms with Crippen molar-refractivity contribution in [2.24, 2.45) is 0 Å². The third-order valence-electron chi connectivity index (χ3n) is 4.35. The summed E-state index contributed by atoms with van der Waals surface area (Å²) in [7, 11) is 0. The molecule has 4 nitrogen and oxygen atoms in total. The van der Waals surface area contributed by atoms with Gasteiger partial charge in [0.2, 0.25) is 5.91 Å². The molecule has 1 unspecified atom stereocenters. The molecule has 0 aliphatic heterocycles. The van der Waals surface area contributed by atoms with Crippen LogP contribution in [0.5, 0.6) is 0 Å². The minimum atomic E-state index is -0.00557. The largest absolute Gasteiger partial charge is 0.399 e. The third-order valence-corrected chi connectivity index (χ3v) is 4.70. The van der Waals surface area contributed by atoms with Crippen molar-refractivity contribution in [1.82, 2.24) is 10.2 Å². The summed E-state index contributed by atoms with van der Waals surface area (Å²) in [5.74, 6) is -0.00557. The predicted octanol–water partition coefficient (Wildman–Crippen LogP) is 3.66. The Hall–Kier alpha value is -2.04. The fourth-order valence-corrected chi connectivity index (χ4v) is 3.20. The van der Waals surface area contributed by atoms with Gasteiger partial charge < -0.3 is 11.1 Å². The molecule has 1 atom stereocenters. The first-order valence-corrected chi connectivity index (χ1v) is 9.02. The summed E-state index contributed by atoms with van der Waals surface area (Å²) in [5, 5.41) is 3.78. The highest BCUT2D eigenvalue weighted by Crippen LogP contribution is 2.27. The first-order valence-electron chi connectivity index (χ1n) is 8.64. The zero-order valence-electron chi connectivity index (χ0n) is 14.8. The molecule has 2 rings (SSSR count). The Morgan fingerprint density at radius 1 is 1.12 bits per heavy atom. The van der Waals surface area contributed by atoms with Crippen LogP contribution in [0.1, 0.15) is 31.0 Å². The summed E-state index contributed by atoms with van der Waals surface area (Å²) in [5.41, 5.74) is 8.37. The Morgan fingerprint density at radius 2 is 1.76 bits per heavy atom. The number of anilines is 1. The van der Waals surface area contributed by atoms with E-state index < -0.39 is 0 Å². The lowest BCUT2D eigenvalue weighted by molar-refractivity contribution is -0.120. The van der Waals surface area contributed by atoms with E-state index in [0.717, 1.165) is 29.2 Å². The molecule has 0 heterocycles. The van der Waals surface area contributed by atoms with Crippen LogP contribution in [0.3, 0.4) is 0 Å². The molecule has 134 valence electrons. The summed E-state index contributed by atoms with van der Waals surface area (Å²) in [4.78, 5) is 14.6. The number of likely N-dealkylation sites (N-methyl/N-ethyl adjacent to an activating group) is 1. The topological polar surface area (TPSA) is 58.4 Å². The van der Waals surface area contributed by atoms with Gasteiger partial charge in [0, 0.05) is 17.3 Å². The first kappa shape index (κ1) is 19.3. The molecule has 25 heavy (non-hydrogen) atoms. The smallest absolute Gasteiger partial charge is 0.224 e. The van der Waals surface area contributed by atoms with Gasteiger partial charge in [-0.05, 0) is 42.4 Å². The number of rotatable bonds is 8. The zero-order chi connectivity index (χ0) is 18.2. The van der Waals surface area contributed by atoms with Gasteiger partial charge in [0.25, 0.3) is 0 Å². The van der Waals surface area contributed by atoms with Crippen LogP contribution in [-0.4, -0.2) is 30.4 Å². The molecule has 0 saturated carbocycles. The van der Waals surface area contributed by atoms with Crippen LogP contribution in [0.4, 0.5) is 5.69 Å². The van der Waals surface area contributed by atoms with Gasteiger partial charge in [-0.3, -0.25) is 9.69 Å². The lowest BCUT2D eigenvalue weighted by atomic mass is 10.0. The number of nitrogens with one attached hydrogen (secondary N) is 1. The van der Waals surface area contributed by atoms with Crippen molar-refractivity contribution in [2.75, 3.05) is 25.4 Å². The number of carbonyl (C=O) groups excluding carboxylic acids is 1. The van der Waals surface area contributed by atoms with E-state index in [-0.39, 0.29) is 11.9 Å². The van der Waals surface area contributed by atoms with Crippen molar-refractivity contribution in [3.63, 3.8) is 0 Å². The molecular formula is C20H26ClN3O. The fourth-order valence-electron chi connectivity index (χ4n) is 2.94. The maximum Gasteiger partial charge on any atom is 0.224 e. The molecule has 0 saturated heterocycles. The lowest BCUT2D eigenvalue weighted by Crippen LogP contribution is -2.38. The number of hydrogen-bond donors (Lipinski definition) is 2. The summed E-state index contributed by atoms with van der Waals surface area (Å²) >= 11 is 6.39. The standard InChI is InChI=1S/C20H26ClN3O/c1-3-24(4-2)19(17-7-5-6-8-18(17)21)14-23-20(25)13-15-9-11-16(22)12-10-15/h5-12,19H,3-4,13-14,22H2,1-2H3,(H,23,25). The van der Waals surface area contributed by atoms with Gasteiger partial charge in [0.05, 0.1) is 12.5 Å². The Morgan fingerprint density at radius 3 is 2.36 bits per heavy atom. The van der Waals surface area contributed by atoms with Gasteiger partial charge in [-0.1, -0.05) is 55.8 Å². The molecule has 0 aliphatic rings. The van der Waals surface area contributed by atoms with E-state index in [2.05, 4.69) is 24.1 Å². The van der Waals surface area contributed by atoms with Crippen LogP contribution < -0.4 is 11.1 Å². The fraction of sp³-hybridized carbons (Fsp3) is 0.350. The molecule has 0 bridgehead atoms. The SMILES string of the molecule is CCN(CC)C(CNC(=O)Cc1ccc(N)cc1)c1ccccc1Cl. The maximum absolute atomic E-state index is 12.3. The molecule has 2 aromatic carbocycles. The number of nitrogen functional groups attached to an aromatic ring is 1. The van der Waals surface area contributed by atoms with Crippen LogP contribution in [0.2, 0.25) is 5.02 Å². The third kappa shape index (κ3) is 5.48. The summed E-state index contributed by atoms with van der Waals surface area (Å²) in [6, 6.07) is 15.3. The molecular weight excluding hydrogens is 334 g/mol. The van der Waals surface area contributed by atoms with E-state index in [1.165, 1.54) is 0 Å². The molecule has 0 spiro atoms. The molecule has 1 amide bonds. The molecule has 5 heteroatoms. The molecule has 2 aromatic rings. The van der Waals surface area contributed by atoms with E-state index in [4.69, 9.17) is 17.3 Å². The average molecular weight is 360 g/mol. The number of carbonyl (C=O) groups is 1. The Bertz CT molecular complexity index is 684.